The van der Waals surface area contributed by atoms with Crippen LogP contribution in [-0.2, 0) is 14.3 Å². The van der Waals surface area contributed by atoms with Crippen LogP contribution in [0, 0.1) is 0 Å². The predicted molar refractivity (Wildman–Crippen MR) is 84.4 cm³/mol. The van der Waals surface area contributed by atoms with Gasteiger partial charge < -0.3 is 10.1 Å². The summed E-state index contributed by atoms with van der Waals surface area (Å²) in [4.78, 5) is 24.0. The summed E-state index contributed by atoms with van der Waals surface area (Å²) in [5.41, 5.74) is 0.481. The van der Waals surface area contributed by atoms with Crippen LogP contribution in [0.2, 0.25) is 5.02 Å². The highest BCUT2D eigenvalue weighted by atomic mass is 35.5. The van der Waals surface area contributed by atoms with E-state index in [1.165, 1.54) is 17.4 Å². The van der Waals surface area contributed by atoms with E-state index in [1.54, 1.807) is 30.3 Å². The second-order valence-electron chi connectivity index (χ2n) is 3.98. The zero-order chi connectivity index (χ0) is 15.1. The first-order valence-corrected chi connectivity index (χ1v) is 7.33. The fourth-order valence-electron chi connectivity index (χ4n) is 1.47. The second kappa shape index (κ2) is 7.61. The molecule has 1 N–H and O–H groups in total. The van der Waals surface area contributed by atoms with Crippen molar-refractivity contribution in [3.8, 4) is 0 Å². The lowest BCUT2D eigenvalue weighted by molar-refractivity contribution is -0.142. The molecule has 1 amide bonds. The van der Waals surface area contributed by atoms with Crippen LogP contribution in [0.25, 0.3) is 6.08 Å². The van der Waals surface area contributed by atoms with Crippen molar-refractivity contribution < 1.29 is 14.3 Å². The molecule has 21 heavy (non-hydrogen) atoms. The minimum Gasteiger partial charge on any atom is -0.452 e. The summed E-state index contributed by atoms with van der Waals surface area (Å²) in [6.45, 7) is -0.362. The smallest absolute Gasteiger partial charge is 0.331 e. The highest BCUT2D eigenvalue weighted by Crippen LogP contribution is 2.20. The third-order valence-corrected chi connectivity index (χ3v) is 3.59. The van der Waals surface area contributed by atoms with Crippen LogP contribution in [0.3, 0.4) is 0 Å². The third kappa shape index (κ3) is 5.06. The Bertz CT molecular complexity index is 653. The number of ether oxygens (including phenoxy) is 1. The zero-order valence-corrected chi connectivity index (χ0v) is 12.5. The summed E-state index contributed by atoms with van der Waals surface area (Å²) < 4.78 is 4.84. The molecule has 2 aromatic rings. The fraction of sp³-hybridized carbons (Fsp3) is 0.0667. The number of amides is 1. The number of para-hydroxylation sites is 1. The Labute approximate surface area is 131 Å². The molecule has 1 aromatic heterocycles. The van der Waals surface area contributed by atoms with E-state index in [2.05, 4.69) is 5.32 Å². The number of hydrogen-bond donors (Lipinski definition) is 1. The molecule has 0 fully saturated rings. The van der Waals surface area contributed by atoms with Crippen molar-refractivity contribution in [3.05, 3.63) is 57.8 Å². The summed E-state index contributed by atoms with van der Waals surface area (Å²) in [6.07, 6.45) is 2.92. The van der Waals surface area contributed by atoms with Crippen molar-refractivity contribution in [2.45, 2.75) is 0 Å². The molecule has 0 aliphatic heterocycles. The Hall–Kier alpha value is -2.11. The molecule has 0 aliphatic carbocycles. The largest absolute Gasteiger partial charge is 0.452 e. The van der Waals surface area contributed by atoms with Gasteiger partial charge in [0, 0.05) is 11.0 Å². The molecule has 4 nitrogen and oxygen atoms in total. The first-order chi connectivity index (χ1) is 10.1. The van der Waals surface area contributed by atoms with Crippen LogP contribution in [0.4, 0.5) is 5.69 Å². The maximum absolute atomic E-state index is 11.6. The van der Waals surface area contributed by atoms with Crippen molar-refractivity contribution in [2.24, 2.45) is 0 Å². The molecular weight excluding hydrogens is 310 g/mol. The highest BCUT2D eigenvalue weighted by Gasteiger charge is 2.07. The maximum Gasteiger partial charge on any atom is 0.331 e. The number of benzene rings is 1. The van der Waals surface area contributed by atoms with Gasteiger partial charge in [-0.1, -0.05) is 29.8 Å². The highest BCUT2D eigenvalue weighted by molar-refractivity contribution is 7.10. The van der Waals surface area contributed by atoms with E-state index < -0.39 is 11.9 Å². The SMILES string of the molecule is O=C(COC(=O)/C=C/c1cccs1)Nc1ccccc1Cl. The van der Waals surface area contributed by atoms with Gasteiger partial charge in [-0.15, -0.1) is 11.3 Å². The minimum atomic E-state index is -0.572. The van der Waals surface area contributed by atoms with Crippen molar-refractivity contribution in [3.63, 3.8) is 0 Å². The Balaban J connectivity index is 1.79. The van der Waals surface area contributed by atoms with Crippen LogP contribution in [0.15, 0.2) is 47.9 Å². The molecule has 6 heteroatoms. The van der Waals surface area contributed by atoms with Gasteiger partial charge in [0.05, 0.1) is 10.7 Å². The van der Waals surface area contributed by atoms with Crippen molar-refractivity contribution in [2.75, 3.05) is 11.9 Å². The van der Waals surface area contributed by atoms with Crippen molar-refractivity contribution >= 4 is 46.6 Å². The van der Waals surface area contributed by atoms with Crippen molar-refractivity contribution in [1.29, 1.82) is 0 Å². The van der Waals surface area contributed by atoms with E-state index in [0.29, 0.717) is 10.7 Å². The Morgan fingerprint density at radius 3 is 2.76 bits per heavy atom. The summed E-state index contributed by atoms with van der Waals surface area (Å²) in [6, 6.07) is 10.6. The van der Waals surface area contributed by atoms with Crippen LogP contribution in [-0.4, -0.2) is 18.5 Å². The van der Waals surface area contributed by atoms with Gasteiger partial charge in [-0.05, 0) is 29.7 Å². The van der Waals surface area contributed by atoms with Gasteiger partial charge in [0.2, 0.25) is 0 Å². The van der Waals surface area contributed by atoms with E-state index in [9.17, 15) is 9.59 Å². The molecule has 0 saturated heterocycles. The van der Waals surface area contributed by atoms with Crippen LogP contribution >= 0.6 is 22.9 Å². The van der Waals surface area contributed by atoms with Gasteiger partial charge in [-0.25, -0.2) is 4.79 Å². The molecule has 0 atom stereocenters. The molecule has 0 saturated carbocycles. The van der Waals surface area contributed by atoms with E-state index in [4.69, 9.17) is 16.3 Å². The minimum absolute atomic E-state index is 0.362. The number of thiophene rings is 1. The lowest BCUT2D eigenvalue weighted by atomic mass is 10.3. The quantitative estimate of drug-likeness (QED) is 0.676. The lowest BCUT2D eigenvalue weighted by Crippen LogP contribution is -2.20. The normalized spacial score (nSPS) is 10.5. The van der Waals surface area contributed by atoms with Gasteiger partial charge in [0.25, 0.3) is 5.91 Å². The molecular formula is C15H12ClNO3S. The Morgan fingerprint density at radius 1 is 1.24 bits per heavy atom. The summed E-state index contributed by atoms with van der Waals surface area (Å²) >= 11 is 7.41. The number of nitrogens with one attached hydrogen (secondary N) is 1. The lowest BCUT2D eigenvalue weighted by Gasteiger charge is -2.06. The third-order valence-electron chi connectivity index (χ3n) is 2.42. The van der Waals surface area contributed by atoms with E-state index in [-0.39, 0.29) is 6.61 Å². The van der Waals surface area contributed by atoms with E-state index in [1.807, 2.05) is 17.5 Å². The van der Waals surface area contributed by atoms with E-state index >= 15 is 0 Å². The summed E-state index contributed by atoms with van der Waals surface area (Å²) in [5, 5.41) is 4.90. The van der Waals surface area contributed by atoms with Gasteiger partial charge in [-0.2, -0.15) is 0 Å². The second-order valence-corrected chi connectivity index (χ2v) is 5.37. The Kier molecular flexibility index (Phi) is 5.54. The van der Waals surface area contributed by atoms with Gasteiger partial charge in [0.15, 0.2) is 6.61 Å². The number of halogens is 1. The number of hydrogen-bond acceptors (Lipinski definition) is 4. The fourth-order valence-corrected chi connectivity index (χ4v) is 2.27. The van der Waals surface area contributed by atoms with Crippen molar-refractivity contribution in [1.82, 2.24) is 0 Å². The molecule has 0 aliphatic rings. The Morgan fingerprint density at radius 2 is 2.05 bits per heavy atom. The van der Waals surface area contributed by atoms with Crippen LogP contribution in [0.5, 0.6) is 0 Å². The monoisotopic (exact) mass is 321 g/mol. The average molecular weight is 322 g/mol. The standard InChI is InChI=1S/C15H12ClNO3S/c16-12-5-1-2-6-13(12)17-14(18)10-20-15(19)8-7-11-4-3-9-21-11/h1-9H,10H2,(H,17,18)/b8-7+. The molecule has 2 rings (SSSR count). The number of carbonyl (C=O) groups excluding carboxylic acids is 2. The van der Waals surface area contributed by atoms with E-state index in [0.717, 1.165) is 4.88 Å². The molecule has 0 unspecified atom stereocenters. The first-order valence-electron chi connectivity index (χ1n) is 6.08. The topological polar surface area (TPSA) is 55.4 Å². The zero-order valence-electron chi connectivity index (χ0n) is 10.9. The molecule has 0 bridgehead atoms. The number of carbonyl (C=O) groups is 2. The van der Waals surface area contributed by atoms with Gasteiger partial charge in [0.1, 0.15) is 0 Å². The molecule has 1 heterocycles. The summed E-state index contributed by atoms with van der Waals surface area (Å²) in [5.74, 6) is -1.02. The maximum atomic E-state index is 11.6. The first kappa shape index (κ1) is 15.3. The molecule has 0 spiro atoms. The van der Waals surface area contributed by atoms with Gasteiger partial charge >= 0.3 is 5.97 Å². The molecule has 108 valence electrons. The average Bonchev–Trinajstić information content (AvgIpc) is 2.99. The van der Waals surface area contributed by atoms with Gasteiger partial charge in [-0.3, -0.25) is 4.79 Å². The molecule has 1 aromatic carbocycles. The van der Waals surface area contributed by atoms with Crippen LogP contribution < -0.4 is 5.32 Å². The molecule has 0 radical (unpaired) electrons. The van der Waals surface area contributed by atoms with Crippen LogP contribution in [0.1, 0.15) is 4.88 Å². The predicted octanol–water partition coefficient (Wildman–Crippen LogP) is 3.60. The number of anilines is 1. The summed E-state index contributed by atoms with van der Waals surface area (Å²) in [7, 11) is 0. The number of rotatable bonds is 5. The number of esters is 1.